The molecule has 0 bridgehead atoms. The zero-order valence-electron chi connectivity index (χ0n) is 14.6. The first kappa shape index (κ1) is 19.1. The molecule has 1 N–H and O–H groups in total. The van der Waals surface area contributed by atoms with Crippen LogP contribution < -0.4 is 4.74 Å². The fourth-order valence-corrected chi connectivity index (χ4v) is 3.89. The summed E-state index contributed by atoms with van der Waals surface area (Å²) in [6.45, 7) is -2.10. The lowest BCUT2D eigenvalue weighted by molar-refractivity contribution is -0.386. The van der Waals surface area contributed by atoms with Crippen molar-refractivity contribution < 1.29 is 28.3 Å². The van der Waals surface area contributed by atoms with Crippen LogP contribution in [0.1, 0.15) is 37.7 Å². The highest BCUT2D eigenvalue weighted by Crippen LogP contribution is 2.46. The summed E-state index contributed by atoms with van der Waals surface area (Å²) in [7, 11) is 0. The summed E-state index contributed by atoms with van der Waals surface area (Å²) in [6.07, 6.45) is 5.08. The molecule has 1 aliphatic heterocycles. The summed E-state index contributed by atoms with van der Waals surface area (Å²) in [4.78, 5) is 22.7. The van der Waals surface area contributed by atoms with Crippen molar-refractivity contribution in [2.45, 2.75) is 38.7 Å². The topological polar surface area (TPSA) is 92.9 Å². The maximum absolute atomic E-state index is 12.6. The second-order valence-corrected chi connectivity index (χ2v) is 7.02. The van der Waals surface area contributed by atoms with E-state index in [1.165, 1.54) is 17.0 Å². The Morgan fingerprint density at radius 1 is 1.30 bits per heavy atom. The summed E-state index contributed by atoms with van der Waals surface area (Å²) in [5.74, 6) is -0.441. The van der Waals surface area contributed by atoms with Gasteiger partial charge in [-0.15, -0.1) is 0 Å². The van der Waals surface area contributed by atoms with E-state index in [0.717, 1.165) is 31.3 Å². The molecule has 1 aliphatic carbocycles. The van der Waals surface area contributed by atoms with Gasteiger partial charge in [0.25, 0.3) is 0 Å². The highest BCUT2D eigenvalue weighted by molar-refractivity contribution is 5.70. The van der Waals surface area contributed by atoms with Crippen molar-refractivity contribution >= 4 is 17.4 Å². The number of nitro benzene ring substituents is 1. The van der Waals surface area contributed by atoms with Gasteiger partial charge in [-0.2, -0.15) is 8.78 Å². The molecule has 2 aliphatic rings. The molecule has 1 saturated heterocycles. The summed E-state index contributed by atoms with van der Waals surface area (Å²) >= 11 is 0. The van der Waals surface area contributed by atoms with E-state index in [4.69, 9.17) is 5.11 Å². The SMILES string of the molecule is O=C(O)N1CCC2(CC=C(c3ccc([N+](=O)[O-])c(OC(F)F)c3)CC2)CC1. The van der Waals surface area contributed by atoms with Crippen molar-refractivity contribution in [1.29, 1.82) is 0 Å². The van der Waals surface area contributed by atoms with Crippen LogP contribution in [-0.4, -0.2) is 40.7 Å². The van der Waals surface area contributed by atoms with Gasteiger partial charge in [0.15, 0.2) is 0 Å². The number of amides is 1. The lowest BCUT2D eigenvalue weighted by atomic mass is 9.68. The third kappa shape index (κ3) is 4.17. The lowest BCUT2D eigenvalue weighted by Crippen LogP contribution is -2.43. The smallest absolute Gasteiger partial charge is 0.407 e. The number of nitro groups is 1. The monoisotopic (exact) mass is 382 g/mol. The van der Waals surface area contributed by atoms with Crippen LogP contribution in [0.25, 0.3) is 5.57 Å². The van der Waals surface area contributed by atoms with Gasteiger partial charge in [-0.05, 0) is 60.8 Å². The zero-order valence-corrected chi connectivity index (χ0v) is 14.6. The van der Waals surface area contributed by atoms with Crippen molar-refractivity contribution in [1.82, 2.24) is 4.90 Å². The lowest BCUT2D eigenvalue weighted by Gasteiger charge is -2.43. The summed E-state index contributed by atoms with van der Waals surface area (Å²) in [6, 6.07) is 4.03. The number of benzene rings is 1. The quantitative estimate of drug-likeness (QED) is 0.610. The van der Waals surface area contributed by atoms with E-state index in [2.05, 4.69) is 4.74 Å². The summed E-state index contributed by atoms with van der Waals surface area (Å²) in [5, 5.41) is 20.1. The van der Waals surface area contributed by atoms with E-state index in [1.54, 1.807) is 6.07 Å². The van der Waals surface area contributed by atoms with Gasteiger partial charge in [0.2, 0.25) is 5.75 Å². The maximum Gasteiger partial charge on any atom is 0.407 e. The van der Waals surface area contributed by atoms with Crippen molar-refractivity contribution in [2.24, 2.45) is 5.41 Å². The standard InChI is InChI=1S/C18H20F2N2O5/c19-16(20)27-15-11-13(1-2-14(15)22(25)26)12-3-5-18(6-4-12)7-9-21(10-8-18)17(23)24/h1-3,11,16H,4-10H2,(H,23,24). The number of allylic oxidation sites excluding steroid dienone is 2. The zero-order chi connectivity index (χ0) is 19.6. The molecule has 1 heterocycles. The number of hydrogen-bond donors (Lipinski definition) is 1. The van der Waals surface area contributed by atoms with Crippen LogP contribution in [0.3, 0.4) is 0 Å². The number of carbonyl (C=O) groups is 1. The largest absolute Gasteiger partial charge is 0.465 e. The van der Waals surface area contributed by atoms with Crippen molar-refractivity contribution in [3.63, 3.8) is 0 Å². The van der Waals surface area contributed by atoms with Gasteiger partial charge in [-0.25, -0.2) is 4.79 Å². The first-order chi connectivity index (χ1) is 12.8. The number of hydrogen-bond acceptors (Lipinski definition) is 4. The average molecular weight is 382 g/mol. The third-order valence-corrected chi connectivity index (χ3v) is 5.54. The predicted molar refractivity (Wildman–Crippen MR) is 92.8 cm³/mol. The second kappa shape index (κ2) is 7.50. The van der Waals surface area contributed by atoms with Crippen LogP contribution in [0.15, 0.2) is 24.3 Å². The minimum absolute atomic E-state index is 0.0680. The van der Waals surface area contributed by atoms with Crippen LogP contribution in [0.2, 0.25) is 0 Å². The molecule has 1 spiro atoms. The first-order valence-corrected chi connectivity index (χ1v) is 8.70. The van der Waals surface area contributed by atoms with Gasteiger partial charge in [0.1, 0.15) is 0 Å². The molecule has 0 aromatic heterocycles. The molecule has 1 aromatic rings. The maximum atomic E-state index is 12.6. The van der Waals surface area contributed by atoms with Crippen LogP contribution >= 0.6 is 0 Å². The molecule has 1 aromatic carbocycles. The Morgan fingerprint density at radius 2 is 2.00 bits per heavy atom. The average Bonchev–Trinajstić information content (AvgIpc) is 2.62. The Balaban J connectivity index is 1.76. The summed E-state index contributed by atoms with van der Waals surface area (Å²) in [5.41, 5.74) is 1.15. The number of ether oxygens (including phenoxy) is 1. The fraction of sp³-hybridized carbons (Fsp3) is 0.500. The number of rotatable bonds is 4. The molecule has 3 rings (SSSR count). The second-order valence-electron chi connectivity index (χ2n) is 7.02. The third-order valence-electron chi connectivity index (χ3n) is 5.54. The molecular weight excluding hydrogens is 362 g/mol. The number of alkyl halides is 2. The van der Waals surface area contributed by atoms with Crippen molar-refractivity contribution in [2.75, 3.05) is 13.1 Å². The van der Waals surface area contributed by atoms with E-state index in [1.807, 2.05) is 6.08 Å². The first-order valence-electron chi connectivity index (χ1n) is 8.70. The molecule has 1 fully saturated rings. The Labute approximate surface area is 154 Å². The number of nitrogens with zero attached hydrogens (tertiary/aromatic N) is 2. The number of carboxylic acid groups (broad SMARTS) is 1. The van der Waals surface area contributed by atoms with Gasteiger partial charge >= 0.3 is 18.4 Å². The highest BCUT2D eigenvalue weighted by atomic mass is 19.3. The molecule has 0 atom stereocenters. The molecule has 27 heavy (non-hydrogen) atoms. The Hall–Kier alpha value is -2.71. The van der Waals surface area contributed by atoms with E-state index >= 15 is 0 Å². The molecule has 0 radical (unpaired) electrons. The van der Waals surface area contributed by atoms with E-state index in [0.29, 0.717) is 25.1 Å². The summed E-state index contributed by atoms with van der Waals surface area (Å²) < 4.78 is 29.4. The number of piperidine rings is 1. The fourth-order valence-electron chi connectivity index (χ4n) is 3.89. The highest BCUT2D eigenvalue weighted by Gasteiger charge is 2.37. The minimum Gasteiger partial charge on any atom is -0.465 e. The minimum atomic E-state index is -3.14. The van der Waals surface area contributed by atoms with Crippen LogP contribution in [0, 0.1) is 15.5 Å². The van der Waals surface area contributed by atoms with Crippen molar-refractivity contribution in [3.05, 3.63) is 40.0 Å². The van der Waals surface area contributed by atoms with Crippen LogP contribution in [0.5, 0.6) is 5.75 Å². The predicted octanol–water partition coefficient (Wildman–Crippen LogP) is 4.52. The van der Waals surface area contributed by atoms with E-state index in [-0.39, 0.29) is 5.41 Å². The number of likely N-dealkylation sites (tertiary alicyclic amines) is 1. The molecule has 146 valence electrons. The normalized spacial score (nSPS) is 19.1. The number of halogens is 2. The van der Waals surface area contributed by atoms with Crippen molar-refractivity contribution in [3.8, 4) is 5.75 Å². The van der Waals surface area contributed by atoms with Gasteiger partial charge in [0.05, 0.1) is 4.92 Å². The molecular formula is C18H20F2N2O5. The van der Waals surface area contributed by atoms with Crippen LogP contribution in [0.4, 0.5) is 19.3 Å². The van der Waals surface area contributed by atoms with E-state index in [9.17, 15) is 23.7 Å². The molecule has 0 unspecified atom stereocenters. The molecule has 9 heteroatoms. The van der Waals surface area contributed by atoms with E-state index < -0.39 is 29.1 Å². The Bertz CT molecular complexity index is 773. The van der Waals surface area contributed by atoms with Gasteiger partial charge in [-0.3, -0.25) is 10.1 Å². The van der Waals surface area contributed by atoms with Gasteiger partial charge in [-0.1, -0.05) is 6.08 Å². The van der Waals surface area contributed by atoms with Crippen LogP contribution in [-0.2, 0) is 0 Å². The molecule has 7 nitrogen and oxygen atoms in total. The Morgan fingerprint density at radius 3 is 2.52 bits per heavy atom. The van der Waals surface area contributed by atoms with Gasteiger partial charge in [0, 0.05) is 19.2 Å². The molecule has 0 saturated carbocycles. The molecule has 1 amide bonds. The van der Waals surface area contributed by atoms with Gasteiger partial charge < -0.3 is 14.7 Å². The Kier molecular flexibility index (Phi) is 5.29.